The maximum Gasteiger partial charge on any atom is 0.283 e. The molecule has 188 valence electrons. The molecule has 0 radical (unpaired) electrons. The maximum absolute atomic E-state index is 13.4. The molecule has 0 bridgehead atoms. The van der Waals surface area contributed by atoms with Gasteiger partial charge in [0.2, 0.25) is 0 Å². The molecule has 1 heterocycles. The number of hydrogen-bond acceptors (Lipinski definition) is 5. The molecule has 0 saturated heterocycles. The number of carbonyl (C=O) groups is 3. The molecular formula is C29H19ClFN3O3S. The first kappa shape index (κ1) is 25.3. The maximum atomic E-state index is 13.4. The molecule has 4 aromatic rings. The third-order valence-electron chi connectivity index (χ3n) is 5.61. The van der Waals surface area contributed by atoms with Crippen LogP contribution in [-0.4, -0.2) is 17.7 Å². The summed E-state index contributed by atoms with van der Waals surface area (Å²) in [6.07, 6.45) is 0. The van der Waals surface area contributed by atoms with Crippen LogP contribution in [0.1, 0.15) is 10.4 Å². The first-order valence-corrected chi connectivity index (χ1v) is 12.6. The van der Waals surface area contributed by atoms with E-state index < -0.39 is 17.6 Å². The summed E-state index contributed by atoms with van der Waals surface area (Å²) < 4.78 is 13.4. The van der Waals surface area contributed by atoms with E-state index in [1.807, 2.05) is 0 Å². The number of benzene rings is 4. The highest BCUT2D eigenvalue weighted by Gasteiger charge is 2.40. The smallest absolute Gasteiger partial charge is 0.283 e. The lowest BCUT2D eigenvalue weighted by molar-refractivity contribution is -0.120. The minimum absolute atomic E-state index is 0.0931. The second kappa shape index (κ2) is 10.9. The zero-order valence-corrected chi connectivity index (χ0v) is 21.2. The van der Waals surface area contributed by atoms with Gasteiger partial charge in [-0.05, 0) is 84.9 Å². The summed E-state index contributed by atoms with van der Waals surface area (Å²) in [4.78, 5) is 41.3. The Morgan fingerprint density at radius 2 is 1.39 bits per heavy atom. The first-order chi connectivity index (χ1) is 18.4. The van der Waals surface area contributed by atoms with E-state index in [4.69, 9.17) is 11.6 Å². The number of nitrogens with one attached hydrogen (secondary N) is 2. The van der Waals surface area contributed by atoms with Crippen LogP contribution in [0.4, 0.5) is 21.5 Å². The van der Waals surface area contributed by atoms with Crippen LogP contribution in [0.5, 0.6) is 0 Å². The molecule has 0 spiro atoms. The first-order valence-electron chi connectivity index (χ1n) is 11.4. The lowest BCUT2D eigenvalue weighted by Gasteiger charge is -2.15. The zero-order chi connectivity index (χ0) is 26.6. The minimum atomic E-state index is -0.514. The summed E-state index contributed by atoms with van der Waals surface area (Å²) in [6, 6.07) is 27.6. The van der Waals surface area contributed by atoms with Crippen molar-refractivity contribution in [1.82, 2.24) is 0 Å². The van der Waals surface area contributed by atoms with Crippen molar-refractivity contribution in [3.63, 3.8) is 0 Å². The third kappa shape index (κ3) is 5.46. The van der Waals surface area contributed by atoms with Gasteiger partial charge in [-0.25, -0.2) is 9.29 Å². The van der Waals surface area contributed by atoms with Crippen LogP contribution >= 0.6 is 23.4 Å². The highest BCUT2D eigenvalue weighted by molar-refractivity contribution is 8.04. The van der Waals surface area contributed by atoms with E-state index in [1.165, 1.54) is 24.3 Å². The van der Waals surface area contributed by atoms with Gasteiger partial charge in [0.15, 0.2) is 0 Å². The van der Waals surface area contributed by atoms with Gasteiger partial charge in [-0.1, -0.05) is 41.6 Å². The van der Waals surface area contributed by atoms with Crippen molar-refractivity contribution in [3.8, 4) is 0 Å². The van der Waals surface area contributed by atoms with E-state index in [0.29, 0.717) is 32.5 Å². The van der Waals surface area contributed by atoms with Gasteiger partial charge in [0.05, 0.1) is 5.69 Å². The molecule has 1 aliphatic rings. The molecule has 0 aromatic heterocycles. The lowest BCUT2D eigenvalue weighted by Crippen LogP contribution is -2.32. The fourth-order valence-electron chi connectivity index (χ4n) is 3.73. The van der Waals surface area contributed by atoms with Gasteiger partial charge in [-0.15, -0.1) is 0 Å². The molecule has 3 amide bonds. The van der Waals surface area contributed by atoms with Gasteiger partial charge < -0.3 is 10.6 Å². The Kier molecular flexibility index (Phi) is 7.26. The number of imide groups is 1. The van der Waals surface area contributed by atoms with Crippen molar-refractivity contribution >= 4 is 58.1 Å². The van der Waals surface area contributed by atoms with Crippen LogP contribution in [0, 0.1) is 5.82 Å². The highest BCUT2D eigenvalue weighted by Crippen LogP contribution is 2.38. The van der Waals surface area contributed by atoms with E-state index >= 15 is 0 Å². The van der Waals surface area contributed by atoms with Crippen molar-refractivity contribution in [2.24, 2.45) is 0 Å². The van der Waals surface area contributed by atoms with Crippen LogP contribution < -0.4 is 15.5 Å². The summed E-state index contributed by atoms with van der Waals surface area (Å²) in [7, 11) is 0. The molecule has 0 fully saturated rings. The van der Waals surface area contributed by atoms with Crippen molar-refractivity contribution in [1.29, 1.82) is 0 Å². The molecule has 9 heteroatoms. The van der Waals surface area contributed by atoms with Crippen LogP contribution in [-0.2, 0) is 9.59 Å². The van der Waals surface area contributed by atoms with E-state index in [2.05, 4.69) is 10.6 Å². The second-order valence-corrected chi connectivity index (χ2v) is 9.72. The Balaban J connectivity index is 1.39. The van der Waals surface area contributed by atoms with Gasteiger partial charge >= 0.3 is 0 Å². The van der Waals surface area contributed by atoms with Gasteiger partial charge in [0.1, 0.15) is 16.4 Å². The molecule has 0 unspecified atom stereocenters. The van der Waals surface area contributed by atoms with Crippen molar-refractivity contribution in [2.45, 2.75) is 4.90 Å². The van der Waals surface area contributed by atoms with Gasteiger partial charge in [0, 0.05) is 26.9 Å². The van der Waals surface area contributed by atoms with Crippen LogP contribution in [0.15, 0.2) is 119 Å². The number of hydrogen-bond donors (Lipinski definition) is 2. The van der Waals surface area contributed by atoms with Crippen molar-refractivity contribution in [2.75, 3.05) is 15.5 Å². The molecular weight excluding hydrogens is 525 g/mol. The molecule has 0 saturated carbocycles. The third-order valence-corrected chi connectivity index (χ3v) is 6.95. The quantitative estimate of drug-likeness (QED) is 0.253. The lowest BCUT2D eigenvalue weighted by atomic mass is 10.2. The van der Waals surface area contributed by atoms with Gasteiger partial charge in [-0.2, -0.15) is 0 Å². The number of thioether (sulfide) groups is 1. The Hall–Kier alpha value is -4.40. The average Bonchev–Trinajstić information content (AvgIpc) is 3.15. The Labute approximate surface area is 227 Å². The molecule has 0 atom stereocenters. The van der Waals surface area contributed by atoms with E-state index in [1.54, 1.807) is 78.9 Å². The normalized spacial score (nSPS) is 13.2. The Bertz CT molecular complexity index is 1540. The summed E-state index contributed by atoms with van der Waals surface area (Å²) in [5.74, 6) is -1.69. The second-order valence-electron chi connectivity index (χ2n) is 8.20. The fraction of sp³-hybridized carbons (Fsp3) is 0. The summed E-state index contributed by atoms with van der Waals surface area (Å²) in [6.45, 7) is 0. The molecule has 1 aliphatic heterocycles. The molecule has 5 rings (SSSR count). The Morgan fingerprint density at radius 1 is 0.763 bits per heavy atom. The molecule has 6 nitrogen and oxygen atoms in total. The molecule has 2 N–H and O–H groups in total. The highest BCUT2D eigenvalue weighted by atomic mass is 35.5. The van der Waals surface area contributed by atoms with E-state index in [0.717, 1.165) is 16.7 Å². The van der Waals surface area contributed by atoms with Crippen LogP contribution in [0.25, 0.3) is 0 Å². The number of amides is 3. The van der Waals surface area contributed by atoms with Crippen LogP contribution in [0.3, 0.4) is 0 Å². The monoisotopic (exact) mass is 543 g/mol. The standard InChI is InChI=1S/C29H19ClFN3O3S/c30-19-8-6-18(7-9-19)27(35)33-22-14-16-24(17-15-22)38-26-25(32-21-12-10-20(31)11-13-21)28(36)34(29(26)37)23-4-2-1-3-5-23/h1-17,32H,(H,33,35). The number of carbonyl (C=O) groups excluding carboxylic acids is 3. The predicted octanol–water partition coefficient (Wildman–Crippen LogP) is 6.72. The van der Waals surface area contributed by atoms with Crippen molar-refractivity contribution < 1.29 is 18.8 Å². The Morgan fingerprint density at radius 3 is 2.05 bits per heavy atom. The van der Waals surface area contributed by atoms with Crippen LogP contribution in [0.2, 0.25) is 5.02 Å². The molecule has 0 aliphatic carbocycles. The number of rotatable bonds is 7. The van der Waals surface area contributed by atoms with Gasteiger partial charge in [-0.3, -0.25) is 14.4 Å². The fourth-order valence-corrected chi connectivity index (χ4v) is 4.79. The number of nitrogens with zero attached hydrogens (tertiary/aromatic N) is 1. The minimum Gasteiger partial charge on any atom is -0.350 e. The SMILES string of the molecule is O=C(Nc1ccc(SC2=C(Nc3ccc(F)cc3)C(=O)N(c3ccccc3)C2=O)cc1)c1ccc(Cl)cc1. The number of halogens is 2. The molecule has 38 heavy (non-hydrogen) atoms. The van der Waals surface area contributed by atoms with E-state index in [9.17, 15) is 18.8 Å². The largest absolute Gasteiger partial charge is 0.350 e. The summed E-state index contributed by atoms with van der Waals surface area (Å²) in [5, 5.41) is 6.34. The van der Waals surface area contributed by atoms with Gasteiger partial charge in [0.25, 0.3) is 17.7 Å². The summed E-state index contributed by atoms with van der Waals surface area (Å²) in [5.41, 5.74) is 2.03. The number of para-hydroxylation sites is 1. The topological polar surface area (TPSA) is 78.5 Å². The predicted molar refractivity (Wildman–Crippen MR) is 148 cm³/mol. The summed E-state index contributed by atoms with van der Waals surface area (Å²) >= 11 is 7.00. The molecule has 4 aromatic carbocycles. The van der Waals surface area contributed by atoms with E-state index in [-0.39, 0.29) is 16.5 Å². The van der Waals surface area contributed by atoms with Crippen molar-refractivity contribution in [3.05, 3.63) is 130 Å². The number of anilines is 3. The average molecular weight is 544 g/mol. The zero-order valence-electron chi connectivity index (χ0n) is 19.7.